The normalized spacial score (nSPS) is 29.1. The third-order valence-electron chi connectivity index (χ3n) is 3.78. The summed E-state index contributed by atoms with van der Waals surface area (Å²) in [4.78, 5) is 14.0. The summed E-state index contributed by atoms with van der Waals surface area (Å²) < 4.78 is 25.6. The number of hydrogen-bond acceptors (Lipinski definition) is 4. The van der Waals surface area contributed by atoms with Crippen molar-refractivity contribution in [1.29, 1.82) is 0 Å². The van der Waals surface area contributed by atoms with Crippen molar-refractivity contribution in [3.8, 4) is 0 Å². The van der Waals surface area contributed by atoms with Gasteiger partial charge in [0.25, 0.3) is 0 Å². The third kappa shape index (κ3) is 3.09. The molecule has 0 aromatic rings. The molecule has 0 spiro atoms. The van der Waals surface area contributed by atoms with E-state index in [0.717, 1.165) is 6.42 Å². The number of aliphatic hydroxyl groups excluding tert-OH is 1. The van der Waals surface area contributed by atoms with Crippen LogP contribution in [0.25, 0.3) is 0 Å². The van der Waals surface area contributed by atoms with Crippen molar-refractivity contribution in [1.82, 2.24) is 9.21 Å². The molecule has 2 rings (SSSR count). The molecule has 1 N–H and O–H groups in total. The molecular weight excluding hydrogens is 268 g/mol. The van der Waals surface area contributed by atoms with E-state index in [0.29, 0.717) is 38.9 Å². The van der Waals surface area contributed by atoms with Gasteiger partial charge in [-0.25, -0.2) is 8.42 Å². The molecule has 19 heavy (non-hydrogen) atoms. The van der Waals surface area contributed by atoms with E-state index in [1.54, 1.807) is 4.90 Å². The second-order valence-corrected chi connectivity index (χ2v) is 7.35. The maximum Gasteiger partial charge on any atom is 0.241 e. The molecule has 7 heteroatoms. The molecule has 2 heterocycles. The van der Waals surface area contributed by atoms with Crippen LogP contribution in [0.3, 0.4) is 0 Å². The van der Waals surface area contributed by atoms with Gasteiger partial charge in [-0.15, -0.1) is 0 Å². The minimum absolute atomic E-state index is 0.0966. The van der Waals surface area contributed by atoms with Crippen LogP contribution in [0.2, 0.25) is 0 Å². The number of sulfonamides is 1. The summed E-state index contributed by atoms with van der Waals surface area (Å²) in [6, 6.07) is -0.554. The number of nitrogens with zero attached hydrogens (tertiary/aromatic N) is 2. The van der Waals surface area contributed by atoms with Crippen LogP contribution < -0.4 is 0 Å². The highest BCUT2D eigenvalue weighted by Crippen LogP contribution is 2.25. The molecule has 0 radical (unpaired) electrons. The number of amides is 1. The highest BCUT2D eigenvalue weighted by molar-refractivity contribution is 7.89. The molecule has 110 valence electrons. The summed E-state index contributed by atoms with van der Waals surface area (Å²) >= 11 is 0. The van der Waals surface area contributed by atoms with Crippen LogP contribution in [0, 0.1) is 0 Å². The Morgan fingerprint density at radius 1 is 1.32 bits per heavy atom. The summed E-state index contributed by atoms with van der Waals surface area (Å²) in [5, 5.41) is 9.48. The van der Waals surface area contributed by atoms with Crippen molar-refractivity contribution >= 4 is 15.9 Å². The van der Waals surface area contributed by atoms with E-state index in [4.69, 9.17) is 0 Å². The van der Waals surface area contributed by atoms with E-state index in [1.807, 2.05) is 6.92 Å². The first-order valence-electron chi connectivity index (χ1n) is 6.92. The summed E-state index contributed by atoms with van der Waals surface area (Å²) in [5.41, 5.74) is 0. The predicted octanol–water partition coefficient (Wildman–Crippen LogP) is -0.216. The molecule has 6 nitrogen and oxygen atoms in total. The van der Waals surface area contributed by atoms with Gasteiger partial charge in [-0.3, -0.25) is 4.79 Å². The summed E-state index contributed by atoms with van der Waals surface area (Å²) in [5.74, 6) is -0.0481. The first kappa shape index (κ1) is 14.7. The largest absolute Gasteiger partial charge is 0.391 e. The molecule has 0 aromatic heterocycles. The summed E-state index contributed by atoms with van der Waals surface area (Å²) in [6.45, 7) is 3.12. The minimum atomic E-state index is -3.32. The summed E-state index contributed by atoms with van der Waals surface area (Å²) in [6.07, 6.45) is 2.00. The minimum Gasteiger partial charge on any atom is -0.391 e. The van der Waals surface area contributed by atoms with Crippen molar-refractivity contribution in [3.63, 3.8) is 0 Å². The molecule has 0 aliphatic carbocycles. The molecule has 0 aromatic carbocycles. The van der Waals surface area contributed by atoms with Crippen LogP contribution >= 0.6 is 0 Å². The zero-order chi connectivity index (χ0) is 14.0. The molecule has 1 amide bonds. The molecule has 2 fully saturated rings. The van der Waals surface area contributed by atoms with Gasteiger partial charge >= 0.3 is 0 Å². The van der Waals surface area contributed by atoms with E-state index >= 15 is 0 Å². The van der Waals surface area contributed by atoms with Crippen molar-refractivity contribution in [2.45, 2.75) is 44.8 Å². The Morgan fingerprint density at radius 2 is 2.05 bits per heavy atom. The van der Waals surface area contributed by atoms with Crippen LogP contribution in [-0.4, -0.2) is 66.2 Å². The molecule has 1 unspecified atom stereocenters. The van der Waals surface area contributed by atoms with Crippen molar-refractivity contribution in [3.05, 3.63) is 0 Å². The molecule has 0 bridgehead atoms. The average molecular weight is 290 g/mol. The van der Waals surface area contributed by atoms with Crippen LogP contribution in [0.1, 0.15) is 32.6 Å². The number of β-amino-alcohol motifs (C(OH)–C–C–N with tert-alkyl or cyclic N) is 1. The van der Waals surface area contributed by atoms with Crippen LogP contribution in [0.5, 0.6) is 0 Å². The first-order valence-corrected chi connectivity index (χ1v) is 8.53. The smallest absolute Gasteiger partial charge is 0.241 e. The average Bonchev–Trinajstić information content (AvgIpc) is 2.96. The number of likely N-dealkylation sites (tertiary alicyclic amines) is 1. The Morgan fingerprint density at radius 3 is 2.63 bits per heavy atom. The number of carbonyl (C=O) groups excluding carboxylic acids is 1. The topological polar surface area (TPSA) is 77.9 Å². The number of rotatable bonds is 4. The molecule has 2 atom stereocenters. The lowest BCUT2D eigenvalue weighted by molar-refractivity contribution is -0.133. The highest BCUT2D eigenvalue weighted by Gasteiger charge is 2.41. The van der Waals surface area contributed by atoms with Gasteiger partial charge in [0.05, 0.1) is 11.9 Å². The van der Waals surface area contributed by atoms with E-state index < -0.39 is 22.2 Å². The fourth-order valence-electron chi connectivity index (χ4n) is 2.85. The maximum absolute atomic E-state index is 12.4. The Labute approximate surface area is 114 Å². The fraction of sp³-hybridized carbons (Fsp3) is 0.917. The summed E-state index contributed by atoms with van der Waals surface area (Å²) in [7, 11) is -3.32. The van der Waals surface area contributed by atoms with Crippen molar-refractivity contribution in [2.75, 3.05) is 25.4 Å². The molecule has 2 aliphatic rings. The zero-order valence-corrected chi connectivity index (χ0v) is 12.1. The van der Waals surface area contributed by atoms with Crippen LogP contribution in [-0.2, 0) is 14.8 Å². The van der Waals surface area contributed by atoms with Crippen molar-refractivity contribution in [2.24, 2.45) is 0 Å². The van der Waals surface area contributed by atoms with E-state index in [9.17, 15) is 18.3 Å². The lowest BCUT2D eigenvalue weighted by Gasteiger charge is -2.27. The van der Waals surface area contributed by atoms with E-state index in [2.05, 4.69) is 0 Å². The lowest BCUT2D eigenvalue weighted by Crippen LogP contribution is -2.47. The fourth-order valence-corrected chi connectivity index (χ4v) is 4.59. The Hall–Kier alpha value is -0.660. The van der Waals surface area contributed by atoms with Gasteiger partial charge in [0, 0.05) is 19.6 Å². The first-order chi connectivity index (χ1) is 8.95. The quantitative estimate of drug-likeness (QED) is 0.777. The van der Waals surface area contributed by atoms with Gasteiger partial charge in [0.15, 0.2) is 0 Å². The monoisotopic (exact) mass is 290 g/mol. The van der Waals surface area contributed by atoms with Crippen LogP contribution in [0.4, 0.5) is 0 Å². The van der Waals surface area contributed by atoms with Crippen molar-refractivity contribution < 1.29 is 18.3 Å². The van der Waals surface area contributed by atoms with Crippen LogP contribution in [0.15, 0.2) is 0 Å². The molecule has 0 saturated carbocycles. The Balaban J connectivity index is 2.08. The molecule has 2 aliphatic heterocycles. The number of hydrogen-bond donors (Lipinski definition) is 1. The third-order valence-corrected chi connectivity index (χ3v) is 5.86. The SMILES string of the molecule is CCCS(=O)(=O)N1CCCC1C(=O)N1CC[C@@H](O)C1. The van der Waals surface area contributed by atoms with Gasteiger partial charge in [-0.1, -0.05) is 6.92 Å². The van der Waals surface area contributed by atoms with Gasteiger partial charge in [-0.2, -0.15) is 4.31 Å². The maximum atomic E-state index is 12.4. The van der Waals surface area contributed by atoms with E-state index in [-0.39, 0.29) is 11.7 Å². The van der Waals surface area contributed by atoms with Gasteiger partial charge in [0.1, 0.15) is 6.04 Å². The van der Waals surface area contributed by atoms with Gasteiger partial charge < -0.3 is 10.0 Å². The number of carbonyl (C=O) groups is 1. The predicted molar refractivity (Wildman–Crippen MR) is 71.0 cm³/mol. The Bertz CT molecular complexity index is 437. The second kappa shape index (κ2) is 5.76. The Kier molecular flexibility index (Phi) is 4.47. The van der Waals surface area contributed by atoms with E-state index in [1.165, 1.54) is 4.31 Å². The molecule has 2 saturated heterocycles. The highest BCUT2D eigenvalue weighted by atomic mass is 32.2. The standard InChI is InChI=1S/C12H22N2O4S/c1-2-8-19(17,18)14-6-3-4-11(14)12(16)13-7-5-10(15)9-13/h10-11,15H,2-9H2,1H3/t10-,11?/m1/s1. The second-order valence-electron chi connectivity index (χ2n) is 5.31. The van der Waals surface area contributed by atoms with Gasteiger partial charge in [-0.05, 0) is 25.7 Å². The number of aliphatic hydroxyl groups is 1. The zero-order valence-electron chi connectivity index (χ0n) is 11.3. The molecular formula is C12H22N2O4S. The lowest BCUT2D eigenvalue weighted by atomic mass is 10.2. The van der Waals surface area contributed by atoms with Gasteiger partial charge in [0.2, 0.25) is 15.9 Å².